The van der Waals surface area contributed by atoms with Crippen LogP contribution in [0.25, 0.3) is 0 Å². The Bertz CT molecular complexity index is 169. The summed E-state index contributed by atoms with van der Waals surface area (Å²) in [5, 5.41) is 3.35. The molecule has 0 fully saturated rings. The van der Waals surface area contributed by atoms with Crippen molar-refractivity contribution in [3.8, 4) is 0 Å². The summed E-state index contributed by atoms with van der Waals surface area (Å²) in [6.45, 7) is 10.6. The van der Waals surface area contributed by atoms with E-state index in [4.69, 9.17) is 0 Å². The van der Waals surface area contributed by atoms with Crippen molar-refractivity contribution < 1.29 is 0 Å². The van der Waals surface area contributed by atoms with Gasteiger partial charge < -0.3 is 5.32 Å². The molecule has 0 aromatic heterocycles. The van der Waals surface area contributed by atoms with E-state index >= 15 is 0 Å². The molecular formula is C17H37N. The van der Waals surface area contributed by atoms with Crippen LogP contribution in [0.5, 0.6) is 0 Å². The van der Waals surface area contributed by atoms with Crippen molar-refractivity contribution in [1.29, 1.82) is 0 Å². The summed E-state index contributed by atoms with van der Waals surface area (Å²) in [7, 11) is 2.08. The van der Waals surface area contributed by atoms with Gasteiger partial charge in [-0.15, -0.1) is 0 Å². The normalized spacial score (nSPS) is 13.8. The molecule has 0 amide bonds. The molecule has 0 saturated heterocycles. The average Bonchev–Trinajstić information content (AvgIpc) is 2.30. The van der Waals surface area contributed by atoms with E-state index in [9.17, 15) is 0 Å². The minimum atomic E-state index is 0.449. The molecule has 0 spiro atoms. The summed E-state index contributed by atoms with van der Waals surface area (Å²) in [6.07, 6.45) is 12.8. The second-order valence-electron chi connectivity index (χ2n) is 6.88. The summed E-state index contributed by atoms with van der Waals surface area (Å²) < 4.78 is 0. The van der Waals surface area contributed by atoms with Gasteiger partial charge in [-0.3, -0.25) is 0 Å². The van der Waals surface area contributed by atoms with E-state index in [0.29, 0.717) is 5.41 Å². The summed E-state index contributed by atoms with van der Waals surface area (Å²) in [5.41, 5.74) is 0.449. The van der Waals surface area contributed by atoms with Gasteiger partial charge in [0.05, 0.1) is 0 Å². The van der Waals surface area contributed by atoms with Gasteiger partial charge in [0.25, 0.3) is 0 Å². The zero-order valence-electron chi connectivity index (χ0n) is 13.6. The third-order valence-electron chi connectivity index (χ3n) is 4.08. The molecule has 0 aromatic rings. The highest BCUT2D eigenvalue weighted by molar-refractivity contribution is 4.75. The van der Waals surface area contributed by atoms with E-state index in [1.165, 1.54) is 64.3 Å². The van der Waals surface area contributed by atoms with Crippen LogP contribution < -0.4 is 5.32 Å². The maximum Gasteiger partial charge on any atom is -0.00185 e. The van der Waals surface area contributed by atoms with Crippen molar-refractivity contribution in [3.05, 3.63) is 0 Å². The van der Waals surface area contributed by atoms with Crippen LogP contribution in [-0.2, 0) is 0 Å². The molecule has 1 unspecified atom stereocenters. The lowest BCUT2D eigenvalue weighted by molar-refractivity contribution is 0.216. The Morgan fingerprint density at radius 1 is 0.833 bits per heavy atom. The molecule has 1 nitrogen and oxygen atoms in total. The van der Waals surface area contributed by atoms with Crippen molar-refractivity contribution in [2.45, 2.75) is 85.5 Å². The van der Waals surface area contributed by atoms with Crippen LogP contribution in [-0.4, -0.2) is 13.6 Å². The lowest BCUT2D eigenvalue weighted by Gasteiger charge is -2.30. The monoisotopic (exact) mass is 255 g/mol. The SMILES string of the molecule is CCCCCCCCCCC(CNC)C(C)(C)C. The first-order valence-electron chi connectivity index (χ1n) is 8.17. The number of hydrogen-bond acceptors (Lipinski definition) is 1. The van der Waals surface area contributed by atoms with Gasteiger partial charge in [0, 0.05) is 0 Å². The van der Waals surface area contributed by atoms with Crippen molar-refractivity contribution in [1.82, 2.24) is 5.32 Å². The summed E-state index contributed by atoms with van der Waals surface area (Å²) in [4.78, 5) is 0. The van der Waals surface area contributed by atoms with Crippen molar-refractivity contribution in [2.24, 2.45) is 11.3 Å². The molecule has 110 valence electrons. The lowest BCUT2D eigenvalue weighted by atomic mass is 9.77. The van der Waals surface area contributed by atoms with E-state index < -0.39 is 0 Å². The fourth-order valence-electron chi connectivity index (χ4n) is 2.61. The number of rotatable bonds is 11. The van der Waals surface area contributed by atoms with Crippen LogP contribution >= 0.6 is 0 Å². The third-order valence-corrected chi connectivity index (χ3v) is 4.08. The Kier molecular flexibility index (Phi) is 10.8. The molecule has 1 heteroatoms. The predicted octanol–water partition coefficient (Wildman–Crippen LogP) is 5.40. The molecule has 1 atom stereocenters. The number of unbranched alkanes of at least 4 members (excludes halogenated alkanes) is 7. The topological polar surface area (TPSA) is 12.0 Å². The second-order valence-corrected chi connectivity index (χ2v) is 6.88. The fourth-order valence-corrected chi connectivity index (χ4v) is 2.61. The van der Waals surface area contributed by atoms with Crippen LogP contribution in [0.1, 0.15) is 85.5 Å². The molecule has 0 aliphatic heterocycles. The van der Waals surface area contributed by atoms with Crippen LogP contribution in [0, 0.1) is 11.3 Å². The number of nitrogens with one attached hydrogen (secondary N) is 1. The van der Waals surface area contributed by atoms with Gasteiger partial charge in [-0.1, -0.05) is 79.1 Å². The average molecular weight is 255 g/mol. The highest BCUT2D eigenvalue weighted by Crippen LogP contribution is 2.29. The fraction of sp³-hybridized carbons (Fsp3) is 1.00. The highest BCUT2D eigenvalue weighted by atomic mass is 14.8. The van der Waals surface area contributed by atoms with Gasteiger partial charge in [0.1, 0.15) is 0 Å². The van der Waals surface area contributed by atoms with Crippen molar-refractivity contribution >= 4 is 0 Å². The zero-order chi connectivity index (χ0) is 13.9. The minimum absolute atomic E-state index is 0.449. The van der Waals surface area contributed by atoms with Gasteiger partial charge >= 0.3 is 0 Å². The first kappa shape index (κ1) is 18.0. The van der Waals surface area contributed by atoms with Crippen LogP contribution in [0.3, 0.4) is 0 Å². The minimum Gasteiger partial charge on any atom is -0.319 e. The van der Waals surface area contributed by atoms with Gasteiger partial charge in [-0.25, -0.2) is 0 Å². The highest BCUT2D eigenvalue weighted by Gasteiger charge is 2.22. The maximum absolute atomic E-state index is 3.35. The molecule has 0 aliphatic carbocycles. The molecule has 0 radical (unpaired) electrons. The smallest absolute Gasteiger partial charge is 0.00185 e. The summed E-state index contributed by atoms with van der Waals surface area (Å²) in [5.74, 6) is 0.822. The molecule has 0 heterocycles. The molecule has 18 heavy (non-hydrogen) atoms. The molecule has 0 saturated carbocycles. The third kappa shape index (κ3) is 9.94. The van der Waals surface area contributed by atoms with Crippen molar-refractivity contribution in [3.63, 3.8) is 0 Å². The molecule has 0 aliphatic rings. The van der Waals surface area contributed by atoms with Gasteiger partial charge in [0.2, 0.25) is 0 Å². The van der Waals surface area contributed by atoms with Gasteiger partial charge in [-0.2, -0.15) is 0 Å². The van der Waals surface area contributed by atoms with E-state index in [2.05, 4.69) is 40.1 Å². The molecule has 0 rings (SSSR count). The Balaban J connectivity index is 3.50. The Labute approximate surface area is 116 Å². The standard InChI is InChI=1S/C17H37N/c1-6-7-8-9-10-11-12-13-14-16(15-18-5)17(2,3)4/h16,18H,6-15H2,1-5H3. The molecule has 1 N–H and O–H groups in total. The van der Waals surface area contributed by atoms with Gasteiger partial charge in [-0.05, 0) is 31.3 Å². The van der Waals surface area contributed by atoms with Gasteiger partial charge in [0.15, 0.2) is 0 Å². The number of hydrogen-bond donors (Lipinski definition) is 1. The lowest BCUT2D eigenvalue weighted by Crippen LogP contribution is -2.30. The van der Waals surface area contributed by atoms with E-state index in [1.807, 2.05) is 0 Å². The van der Waals surface area contributed by atoms with Crippen LogP contribution in [0.2, 0.25) is 0 Å². The molecular weight excluding hydrogens is 218 g/mol. The summed E-state index contributed by atoms with van der Waals surface area (Å²) >= 11 is 0. The summed E-state index contributed by atoms with van der Waals surface area (Å²) in [6, 6.07) is 0. The second kappa shape index (κ2) is 10.8. The molecule has 0 bridgehead atoms. The van der Waals surface area contributed by atoms with Crippen LogP contribution in [0.4, 0.5) is 0 Å². The van der Waals surface area contributed by atoms with Crippen LogP contribution in [0.15, 0.2) is 0 Å². The zero-order valence-corrected chi connectivity index (χ0v) is 13.6. The van der Waals surface area contributed by atoms with E-state index in [-0.39, 0.29) is 0 Å². The van der Waals surface area contributed by atoms with E-state index in [1.54, 1.807) is 0 Å². The maximum atomic E-state index is 3.35. The quantitative estimate of drug-likeness (QED) is 0.487. The largest absolute Gasteiger partial charge is 0.319 e. The van der Waals surface area contributed by atoms with Crippen molar-refractivity contribution in [2.75, 3.05) is 13.6 Å². The Morgan fingerprint density at radius 3 is 1.78 bits per heavy atom. The Hall–Kier alpha value is -0.0400. The first-order valence-corrected chi connectivity index (χ1v) is 8.17. The Morgan fingerprint density at radius 2 is 1.33 bits per heavy atom. The predicted molar refractivity (Wildman–Crippen MR) is 84.1 cm³/mol. The molecule has 0 aromatic carbocycles. The first-order chi connectivity index (χ1) is 8.52. The van der Waals surface area contributed by atoms with E-state index in [0.717, 1.165) is 5.92 Å².